The standard InChI is InChI=1S/C17H19FN2O/c1-12-5-3-4-6-16(12)13(2)19-11-17(21)20-15-9-7-14(18)8-10-15/h3-10,13,19H,11H2,1-2H3,(H,20,21)/t13-/m0/s1. The molecule has 3 nitrogen and oxygen atoms in total. The Morgan fingerprint density at radius 1 is 1.14 bits per heavy atom. The van der Waals surface area contributed by atoms with Crippen LogP contribution in [0.15, 0.2) is 48.5 Å². The van der Waals surface area contributed by atoms with Crippen LogP contribution in [0.25, 0.3) is 0 Å². The summed E-state index contributed by atoms with van der Waals surface area (Å²) in [5.74, 6) is -0.471. The monoisotopic (exact) mass is 286 g/mol. The maximum atomic E-state index is 12.8. The van der Waals surface area contributed by atoms with Crippen LogP contribution in [0.1, 0.15) is 24.1 Å². The number of hydrogen-bond donors (Lipinski definition) is 2. The smallest absolute Gasteiger partial charge is 0.238 e. The van der Waals surface area contributed by atoms with E-state index < -0.39 is 0 Å². The van der Waals surface area contributed by atoms with Crippen molar-refractivity contribution in [2.24, 2.45) is 0 Å². The molecule has 0 radical (unpaired) electrons. The Balaban J connectivity index is 1.86. The fraction of sp³-hybridized carbons (Fsp3) is 0.235. The summed E-state index contributed by atoms with van der Waals surface area (Å²) < 4.78 is 12.8. The Morgan fingerprint density at radius 2 is 1.81 bits per heavy atom. The zero-order valence-electron chi connectivity index (χ0n) is 12.2. The molecule has 2 aromatic carbocycles. The summed E-state index contributed by atoms with van der Waals surface area (Å²) >= 11 is 0. The molecule has 4 heteroatoms. The van der Waals surface area contributed by atoms with Gasteiger partial charge in [-0.3, -0.25) is 4.79 Å². The SMILES string of the molecule is Cc1ccccc1[C@H](C)NCC(=O)Nc1ccc(F)cc1. The van der Waals surface area contributed by atoms with E-state index in [1.165, 1.54) is 35.4 Å². The molecule has 1 amide bonds. The summed E-state index contributed by atoms with van der Waals surface area (Å²) in [6.07, 6.45) is 0. The van der Waals surface area contributed by atoms with Crippen LogP contribution in [0.5, 0.6) is 0 Å². The van der Waals surface area contributed by atoms with Gasteiger partial charge in [0.2, 0.25) is 5.91 Å². The fourth-order valence-corrected chi connectivity index (χ4v) is 2.17. The second-order valence-corrected chi connectivity index (χ2v) is 5.01. The highest BCUT2D eigenvalue weighted by atomic mass is 19.1. The van der Waals surface area contributed by atoms with Crippen molar-refractivity contribution < 1.29 is 9.18 Å². The summed E-state index contributed by atoms with van der Waals surface area (Å²) in [5.41, 5.74) is 2.95. The van der Waals surface area contributed by atoms with Crippen molar-refractivity contribution in [2.75, 3.05) is 11.9 Å². The number of carbonyl (C=O) groups is 1. The number of rotatable bonds is 5. The van der Waals surface area contributed by atoms with E-state index in [1.807, 2.05) is 38.1 Å². The van der Waals surface area contributed by atoms with E-state index >= 15 is 0 Å². The molecule has 0 aliphatic rings. The van der Waals surface area contributed by atoms with Crippen LogP contribution in [0.2, 0.25) is 0 Å². The van der Waals surface area contributed by atoms with Crippen molar-refractivity contribution in [1.82, 2.24) is 5.32 Å². The Hall–Kier alpha value is -2.20. The third-order valence-electron chi connectivity index (χ3n) is 3.35. The molecule has 2 N–H and O–H groups in total. The summed E-state index contributed by atoms with van der Waals surface area (Å²) in [6.45, 7) is 4.27. The van der Waals surface area contributed by atoms with E-state index in [1.54, 1.807) is 0 Å². The predicted octanol–water partition coefficient (Wildman–Crippen LogP) is 3.42. The van der Waals surface area contributed by atoms with Gasteiger partial charge in [0.15, 0.2) is 0 Å². The van der Waals surface area contributed by atoms with Crippen molar-refractivity contribution in [2.45, 2.75) is 19.9 Å². The van der Waals surface area contributed by atoms with Gasteiger partial charge >= 0.3 is 0 Å². The molecule has 110 valence electrons. The lowest BCUT2D eigenvalue weighted by Crippen LogP contribution is -2.30. The average molecular weight is 286 g/mol. The maximum absolute atomic E-state index is 12.8. The van der Waals surface area contributed by atoms with Crippen molar-refractivity contribution in [3.05, 3.63) is 65.5 Å². The molecule has 0 unspecified atom stereocenters. The molecule has 0 saturated heterocycles. The minimum absolute atomic E-state index is 0.0881. The van der Waals surface area contributed by atoms with Crippen LogP contribution in [0, 0.1) is 12.7 Å². The van der Waals surface area contributed by atoms with E-state index in [9.17, 15) is 9.18 Å². The van der Waals surface area contributed by atoms with Crippen LogP contribution >= 0.6 is 0 Å². The highest BCUT2D eigenvalue weighted by Crippen LogP contribution is 2.16. The van der Waals surface area contributed by atoms with Gasteiger partial charge in [0, 0.05) is 11.7 Å². The molecule has 2 rings (SSSR count). The molecule has 0 aliphatic heterocycles. The van der Waals surface area contributed by atoms with Crippen molar-refractivity contribution >= 4 is 11.6 Å². The molecule has 0 fully saturated rings. The number of nitrogens with one attached hydrogen (secondary N) is 2. The van der Waals surface area contributed by atoms with Crippen molar-refractivity contribution in [3.8, 4) is 0 Å². The van der Waals surface area contributed by atoms with Gasteiger partial charge in [0.1, 0.15) is 5.82 Å². The number of carbonyl (C=O) groups excluding carboxylic acids is 1. The van der Waals surface area contributed by atoms with Crippen molar-refractivity contribution in [3.63, 3.8) is 0 Å². The number of halogens is 1. The number of hydrogen-bond acceptors (Lipinski definition) is 2. The molecule has 0 bridgehead atoms. The zero-order valence-corrected chi connectivity index (χ0v) is 12.2. The topological polar surface area (TPSA) is 41.1 Å². The van der Waals surface area contributed by atoms with E-state index in [4.69, 9.17) is 0 Å². The van der Waals surface area contributed by atoms with Gasteiger partial charge in [-0.1, -0.05) is 24.3 Å². The molecule has 1 atom stereocenters. The number of aryl methyl sites for hydroxylation is 1. The lowest BCUT2D eigenvalue weighted by atomic mass is 10.0. The van der Waals surface area contributed by atoms with E-state index in [2.05, 4.69) is 10.6 Å². The second-order valence-electron chi connectivity index (χ2n) is 5.01. The summed E-state index contributed by atoms with van der Waals surface area (Å²) in [4.78, 5) is 11.9. The predicted molar refractivity (Wildman–Crippen MR) is 82.6 cm³/mol. The summed E-state index contributed by atoms with van der Waals surface area (Å²) in [6, 6.07) is 13.9. The Kier molecular flexibility index (Phi) is 5.06. The van der Waals surface area contributed by atoms with E-state index in [0.717, 1.165) is 0 Å². The van der Waals surface area contributed by atoms with Crippen LogP contribution in [-0.2, 0) is 4.79 Å². The zero-order chi connectivity index (χ0) is 15.2. The molecule has 21 heavy (non-hydrogen) atoms. The van der Waals surface area contributed by atoms with Crippen molar-refractivity contribution in [1.29, 1.82) is 0 Å². The van der Waals surface area contributed by atoms with Gasteiger partial charge in [-0.25, -0.2) is 4.39 Å². The van der Waals surface area contributed by atoms with Gasteiger partial charge in [-0.05, 0) is 49.2 Å². The number of benzene rings is 2. The first-order valence-electron chi connectivity index (χ1n) is 6.90. The minimum Gasteiger partial charge on any atom is -0.325 e. The molecule has 2 aromatic rings. The fourth-order valence-electron chi connectivity index (χ4n) is 2.17. The summed E-state index contributed by atoms with van der Waals surface area (Å²) in [5, 5.41) is 5.91. The molecular weight excluding hydrogens is 267 g/mol. The van der Waals surface area contributed by atoms with Crippen LogP contribution in [0.4, 0.5) is 10.1 Å². The first kappa shape index (κ1) is 15.2. The van der Waals surface area contributed by atoms with E-state index in [-0.39, 0.29) is 24.3 Å². The second kappa shape index (κ2) is 6.99. The van der Waals surface area contributed by atoms with Gasteiger partial charge in [0.25, 0.3) is 0 Å². The molecule has 0 heterocycles. The van der Waals surface area contributed by atoms with Gasteiger partial charge in [0.05, 0.1) is 6.54 Å². The minimum atomic E-state index is -0.320. The van der Waals surface area contributed by atoms with Crippen LogP contribution < -0.4 is 10.6 Å². The third-order valence-corrected chi connectivity index (χ3v) is 3.35. The van der Waals surface area contributed by atoms with Gasteiger partial charge in [-0.15, -0.1) is 0 Å². The molecular formula is C17H19FN2O. The quantitative estimate of drug-likeness (QED) is 0.884. The maximum Gasteiger partial charge on any atom is 0.238 e. The highest BCUT2D eigenvalue weighted by Gasteiger charge is 2.09. The average Bonchev–Trinajstić information content (AvgIpc) is 2.48. The number of anilines is 1. The largest absolute Gasteiger partial charge is 0.325 e. The molecule has 0 aliphatic carbocycles. The lowest BCUT2D eigenvalue weighted by Gasteiger charge is -2.16. The first-order valence-corrected chi connectivity index (χ1v) is 6.90. The highest BCUT2D eigenvalue weighted by molar-refractivity contribution is 5.92. The Morgan fingerprint density at radius 3 is 2.48 bits per heavy atom. The van der Waals surface area contributed by atoms with Crippen LogP contribution in [0.3, 0.4) is 0 Å². The number of amides is 1. The summed E-state index contributed by atoms with van der Waals surface area (Å²) in [7, 11) is 0. The van der Waals surface area contributed by atoms with Crippen LogP contribution in [-0.4, -0.2) is 12.5 Å². The molecule has 0 spiro atoms. The van der Waals surface area contributed by atoms with E-state index in [0.29, 0.717) is 5.69 Å². The van der Waals surface area contributed by atoms with Gasteiger partial charge < -0.3 is 10.6 Å². The lowest BCUT2D eigenvalue weighted by molar-refractivity contribution is -0.115. The normalized spacial score (nSPS) is 12.0. The first-order chi connectivity index (χ1) is 10.1. The van der Waals surface area contributed by atoms with Gasteiger partial charge in [-0.2, -0.15) is 0 Å². The molecule has 0 aromatic heterocycles. The third kappa shape index (κ3) is 4.39. The molecule has 0 saturated carbocycles. The Labute approximate surface area is 124 Å². The Bertz CT molecular complexity index is 610.